The summed E-state index contributed by atoms with van der Waals surface area (Å²) in [5.74, 6) is -1.10. The molecule has 328 valence electrons. The van der Waals surface area contributed by atoms with E-state index in [0.29, 0.717) is 19.3 Å². The summed E-state index contributed by atoms with van der Waals surface area (Å²) in [7, 11) is 0. The molecule has 0 fully saturated rings. The van der Waals surface area contributed by atoms with E-state index in [1.54, 1.807) is 0 Å². The number of hydrogen-bond donors (Lipinski definition) is 0. The molecule has 0 aromatic rings. The quantitative estimate of drug-likeness (QED) is 0.0203. The summed E-state index contributed by atoms with van der Waals surface area (Å²) in [5.41, 5.74) is 0. The fourth-order valence-electron chi connectivity index (χ4n) is 5.46. The van der Waals surface area contributed by atoms with Gasteiger partial charge in [-0.15, -0.1) is 0 Å². The molecule has 0 aliphatic heterocycles. The maximum atomic E-state index is 12.7. The monoisotopic (exact) mass is 813 g/mol. The van der Waals surface area contributed by atoms with Crippen LogP contribution in [0, 0.1) is 0 Å². The highest BCUT2D eigenvalue weighted by Gasteiger charge is 2.19. The van der Waals surface area contributed by atoms with E-state index in [0.717, 1.165) is 64.2 Å². The second-order valence-electron chi connectivity index (χ2n) is 14.4. The number of esters is 3. The van der Waals surface area contributed by atoms with Crippen molar-refractivity contribution in [1.82, 2.24) is 0 Å². The highest BCUT2D eigenvalue weighted by molar-refractivity contribution is 5.71. The standard InChI is InChI=1S/C53H80O6/c1-4-7-10-13-16-19-22-25-26-29-31-34-37-40-43-46-52(55)58-49-50(59-53(56)47-44-41-38-35-32-28-24-21-18-15-12-9-6-3)48-57-51(54)45-42-39-36-33-30-27-23-20-17-14-11-8-5-2/h7,9-10,12-13,15-16,18-19,21-22,24-32,36,39,50H,4-6,8,11,14,17,20,23,33-35,37-38,40-49H2,1-3H3/b10-7+,12-9+,16-13+,18-15+,22-19+,24-21+,26-25+,30-27+,31-29+,32-28+,39-36+. The van der Waals surface area contributed by atoms with Crippen LogP contribution in [0.5, 0.6) is 0 Å². The SMILES string of the molecule is CC/C=C/C=C/C=C/C=C/C=C/CCCCCC(=O)OCC(COC(=O)CC/C=C/C/C=C/CCCCCCCC)OC(=O)CCCCC/C=C/C=C/C=C/C=C/CC. The van der Waals surface area contributed by atoms with Gasteiger partial charge in [-0.1, -0.05) is 199 Å². The summed E-state index contributed by atoms with van der Waals surface area (Å²) >= 11 is 0. The average molecular weight is 813 g/mol. The molecule has 0 radical (unpaired) electrons. The van der Waals surface area contributed by atoms with Crippen molar-refractivity contribution >= 4 is 17.9 Å². The molecule has 0 spiro atoms. The molecule has 6 nitrogen and oxygen atoms in total. The molecular formula is C53H80O6. The van der Waals surface area contributed by atoms with Crippen LogP contribution in [0.4, 0.5) is 0 Å². The van der Waals surface area contributed by atoms with E-state index in [-0.39, 0.29) is 50.4 Å². The lowest BCUT2D eigenvalue weighted by Gasteiger charge is -2.18. The molecule has 0 aromatic carbocycles. The third-order valence-corrected chi connectivity index (χ3v) is 8.86. The number of hydrogen-bond acceptors (Lipinski definition) is 6. The van der Waals surface area contributed by atoms with Crippen molar-refractivity contribution in [1.29, 1.82) is 0 Å². The Balaban J connectivity index is 4.64. The molecule has 0 rings (SSSR count). The molecule has 1 atom stereocenters. The predicted molar refractivity (Wildman–Crippen MR) is 251 cm³/mol. The van der Waals surface area contributed by atoms with E-state index in [1.165, 1.54) is 38.5 Å². The van der Waals surface area contributed by atoms with Crippen LogP contribution in [0.2, 0.25) is 0 Å². The van der Waals surface area contributed by atoms with Crippen molar-refractivity contribution in [2.24, 2.45) is 0 Å². The van der Waals surface area contributed by atoms with Gasteiger partial charge in [0.15, 0.2) is 6.10 Å². The van der Waals surface area contributed by atoms with Gasteiger partial charge >= 0.3 is 17.9 Å². The largest absolute Gasteiger partial charge is 0.462 e. The maximum absolute atomic E-state index is 12.7. The van der Waals surface area contributed by atoms with Crippen LogP contribution < -0.4 is 0 Å². The molecule has 0 saturated carbocycles. The number of unbranched alkanes of at least 4 members (excludes halogenated alkanes) is 12. The summed E-state index contributed by atoms with van der Waals surface area (Å²) in [4.78, 5) is 37.7. The van der Waals surface area contributed by atoms with Crippen LogP contribution in [0.25, 0.3) is 0 Å². The fraction of sp³-hybridized carbons (Fsp3) is 0.528. The van der Waals surface area contributed by atoms with Gasteiger partial charge in [-0.3, -0.25) is 14.4 Å². The number of rotatable bonds is 38. The van der Waals surface area contributed by atoms with Gasteiger partial charge in [0.1, 0.15) is 13.2 Å². The van der Waals surface area contributed by atoms with Gasteiger partial charge in [0.05, 0.1) is 0 Å². The van der Waals surface area contributed by atoms with E-state index >= 15 is 0 Å². The van der Waals surface area contributed by atoms with E-state index in [2.05, 4.69) is 63.3 Å². The number of carbonyl (C=O) groups excluding carboxylic acids is 3. The number of allylic oxidation sites excluding steroid dienone is 22. The minimum atomic E-state index is -0.842. The first kappa shape index (κ1) is 54.6. The first-order valence-corrected chi connectivity index (χ1v) is 22.8. The summed E-state index contributed by atoms with van der Waals surface area (Å²) in [5, 5.41) is 0. The molecule has 0 heterocycles. The zero-order chi connectivity index (χ0) is 43.0. The molecular weight excluding hydrogens is 733 g/mol. The predicted octanol–water partition coefficient (Wildman–Crippen LogP) is 14.7. The van der Waals surface area contributed by atoms with E-state index < -0.39 is 6.10 Å². The second kappa shape index (κ2) is 46.2. The van der Waals surface area contributed by atoms with E-state index in [1.807, 2.05) is 91.1 Å². The van der Waals surface area contributed by atoms with E-state index in [9.17, 15) is 14.4 Å². The van der Waals surface area contributed by atoms with Crippen LogP contribution in [0.15, 0.2) is 134 Å². The summed E-state index contributed by atoms with van der Waals surface area (Å²) in [6, 6.07) is 0. The topological polar surface area (TPSA) is 78.9 Å². The van der Waals surface area contributed by atoms with Gasteiger partial charge < -0.3 is 14.2 Å². The van der Waals surface area contributed by atoms with Crippen molar-refractivity contribution in [2.75, 3.05) is 13.2 Å². The lowest BCUT2D eigenvalue weighted by Crippen LogP contribution is -2.30. The zero-order valence-electron chi connectivity index (χ0n) is 37.2. The first-order valence-electron chi connectivity index (χ1n) is 22.8. The Morgan fingerprint density at radius 1 is 0.373 bits per heavy atom. The average Bonchev–Trinajstić information content (AvgIpc) is 3.23. The Bertz CT molecular complexity index is 1350. The van der Waals surface area contributed by atoms with Crippen LogP contribution in [0.3, 0.4) is 0 Å². The zero-order valence-corrected chi connectivity index (χ0v) is 37.2. The Morgan fingerprint density at radius 2 is 0.763 bits per heavy atom. The third-order valence-electron chi connectivity index (χ3n) is 8.86. The third kappa shape index (κ3) is 44.5. The minimum absolute atomic E-state index is 0.139. The van der Waals surface area contributed by atoms with Crippen LogP contribution in [-0.2, 0) is 28.6 Å². The normalized spacial score (nSPS) is 13.3. The number of ether oxygens (including phenoxy) is 3. The van der Waals surface area contributed by atoms with Gasteiger partial charge in [0, 0.05) is 19.3 Å². The fourth-order valence-corrected chi connectivity index (χ4v) is 5.46. The number of carbonyl (C=O) groups is 3. The molecule has 0 bridgehead atoms. The molecule has 0 aliphatic rings. The van der Waals surface area contributed by atoms with Crippen LogP contribution in [-0.4, -0.2) is 37.2 Å². The smallest absolute Gasteiger partial charge is 0.306 e. The molecule has 1 unspecified atom stereocenters. The van der Waals surface area contributed by atoms with Gasteiger partial charge in [-0.25, -0.2) is 0 Å². The van der Waals surface area contributed by atoms with Crippen molar-refractivity contribution in [3.05, 3.63) is 134 Å². The molecule has 0 saturated heterocycles. The van der Waals surface area contributed by atoms with Gasteiger partial charge in [0.25, 0.3) is 0 Å². The van der Waals surface area contributed by atoms with Crippen molar-refractivity contribution in [2.45, 2.75) is 168 Å². The molecule has 59 heavy (non-hydrogen) atoms. The molecule has 0 N–H and O–H groups in total. The molecule has 0 amide bonds. The Kier molecular flexibility index (Phi) is 42.8. The summed E-state index contributed by atoms with van der Waals surface area (Å²) < 4.78 is 16.6. The highest BCUT2D eigenvalue weighted by Crippen LogP contribution is 2.10. The Morgan fingerprint density at radius 3 is 1.27 bits per heavy atom. The molecule has 0 aromatic heterocycles. The van der Waals surface area contributed by atoms with Gasteiger partial charge in [-0.05, 0) is 77.0 Å². The summed E-state index contributed by atoms with van der Waals surface area (Å²) in [6.45, 7) is 6.18. The highest BCUT2D eigenvalue weighted by atomic mass is 16.6. The second-order valence-corrected chi connectivity index (χ2v) is 14.4. The summed E-state index contributed by atoms with van der Waals surface area (Å²) in [6.07, 6.45) is 64.4. The Hall–Kier alpha value is -4.45. The Labute approximate surface area is 360 Å². The lowest BCUT2D eigenvalue weighted by atomic mass is 10.1. The van der Waals surface area contributed by atoms with Gasteiger partial charge in [-0.2, -0.15) is 0 Å². The van der Waals surface area contributed by atoms with Crippen LogP contribution in [0.1, 0.15) is 162 Å². The van der Waals surface area contributed by atoms with Crippen molar-refractivity contribution < 1.29 is 28.6 Å². The minimum Gasteiger partial charge on any atom is -0.462 e. The van der Waals surface area contributed by atoms with E-state index in [4.69, 9.17) is 14.2 Å². The molecule has 0 aliphatic carbocycles. The van der Waals surface area contributed by atoms with Crippen molar-refractivity contribution in [3.8, 4) is 0 Å². The molecule has 6 heteroatoms. The van der Waals surface area contributed by atoms with Crippen LogP contribution >= 0.6 is 0 Å². The lowest BCUT2D eigenvalue weighted by molar-refractivity contribution is -0.166. The van der Waals surface area contributed by atoms with Crippen molar-refractivity contribution in [3.63, 3.8) is 0 Å². The maximum Gasteiger partial charge on any atom is 0.306 e. The first-order chi connectivity index (χ1) is 29.0. The van der Waals surface area contributed by atoms with Gasteiger partial charge in [0.2, 0.25) is 0 Å².